The monoisotopic (exact) mass is 256 g/mol. The number of carboxylic acid groups (broad SMARTS) is 1. The van der Waals surface area contributed by atoms with Crippen LogP contribution in [0, 0.1) is 11.8 Å². The number of carbonyl (C=O) groups excluding carboxylic acids is 1. The van der Waals surface area contributed by atoms with E-state index in [-0.39, 0.29) is 6.03 Å². The van der Waals surface area contributed by atoms with Crippen LogP contribution >= 0.6 is 0 Å². The summed E-state index contributed by atoms with van der Waals surface area (Å²) in [5.74, 6) is 0.177. The maximum Gasteiger partial charge on any atom is 0.326 e. The third-order valence-electron chi connectivity index (χ3n) is 4.06. The molecule has 0 aromatic rings. The highest BCUT2D eigenvalue weighted by Gasteiger charge is 2.24. The van der Waals surface area contributed by atoms with Crippen molar-refractivity contribution in [3.8, 4) is 0 Å². The van der Waals surface area contributed by atoms with E-state index < -0.39 is 12.0 Å². The first-order valence-corrected chi connectivity index (χ1v) is 6.67. The molecule has 1 aliphatic carbocycles. The standard InChI is InChI=1S/C13H24N2O3/c1-9-6-4-5-7-11(9)8-14-13(18)15(3)10(2)12(16)17/h9-11H,4-8H2,1-3H3,(H,14,18)(H,16,17). The van der Waals surface area contributed by atoms with Crippen molar-refractivity contribution in [1.29, 1.82) is 0 Å². The molecule has 1 saturated carbocycles. The molecule has 1 fully saturated rings. The van der Waals surface area contributed by atoms with Gasteiger partial charge in [-0.05, 0) is 25.2 Å². The van der Waals surface area contributed by atoms with E-state index in [0.29, 0.717) is 18.4 Å². The lowest BCUT2D eigenvalue weighted by Crippen LogP contribution is -2.47. The van der Waals surface area contributed by atoms with Gasteiger partial charge in [0.15, 0.2) is 0 Å². The number of rotatable bonds is 4. The van der Waals surface area contributed by atoms with Crippen LogP contribution in [0.15, 0.2) is 0 Å². The number of carboxylic acids is 1. The van der Waals surface area contributed by atoms with Gasteiger partial charge < -0.3 is 15.3 Å². The Hall–Kier alpha value is -1.26. The molecule has 0 heterocycles. The second-order valence-electron chi connectivity index (χ2n) is 5.33. The second-order valence-corrected chi connectivity index (χ2v) is 5.33. The number of urea groups is 1. The van der Waals surface area contributed by atoms with Crippen molar-refractivity contribution in [2.24, 2.45) is 11.8 Å². The van der Waals surface area contributed by atoms with E-state index in [1.165, 1.54) is 38.1 Å². The van der Waals surface area contributed by atoms with Crippen LogP contribution < -0.4 is 5.32 Å². The molecule has 1 rings (SSSR count). The lowest BCUT2D eigenvalue weighted by atomic mass is 9.80. The predicted molar refractivity (Wildman–Crippen MR) is 69.4 cm³/mol. The average Bonchev–Trinajstić information content (AvgIpc) is 2.35. The Bertz CT molecular complexity index is 307. The van der Waals surface area contributed by atoms with E-state index in [9.17, 15) is 9.59 Å². The SMILES string of the molecule is CC1CCCCC1CNC(=O)N(C)C(C)C(=O)O. The van der Waals surface area contributed by atoms with Crippen molar-refractivity contribution in [1.82, 2.24) is 10.2 Å². The Balaban J connectivity index is 2.38. The van der Waals surface area contributed by atoms with E-state index in [0.717, 1.165) is 6.42 Å². The molecule has 18 heavy (non-hydrogen) atoms. The largest absolute Gasteiger partial charge is 0.480 e. The fraction of sp³-hybridized carbons (Fsp3) is 0.846. The Morgan fingerprint density at radius 3 is 2.56 bits per heavy atom. The molecule has 1 aliphatic rings. The molecule has 0 aliphatic heterocycles. The molecule has 2 N–H and O–H groups in total. The lowest BCUT2D eigenvalue weighted by molar-refractivity contribution is -0.141. The maximum atomic E-state index is 11.8. The van der Waals surface area contributed by atoms with Gasteiger partial charge in [-0.15, -0.1) is 0 Å². The number of nitrogens with zero attached hydrogens (tertiary/aromatic N) is 1. The number of carbonyl (C=O) groups is 2. The summed E-state index contributed by atoms with van der Waals surface area (Å²) in [4.78, 5) is 23.8. The molecule has 3 unspecified atom stereocenters. The molecule has 0 saturated heterocycles. The molecule has 3 atom stereocenters. The van der Waals surface area contributed by atoms with Gasteiger partial charge in [0.05, 0.1) is 0 Å². The summed E-state index contributed by atoms with van der Waals surface area (Å²) >= 11 is 0. The minimum Gasteiger partial charge on any atom is -0.480 e. The third-order valence-corrected chi connectivity index (χ3v) is 4.06. The van der Waals surface area contributed by atoms with E-state index in [4.69, 9.17) is 5.11 Å². The predicted octanol–water partition coefficient (Wildman–Crippen LogP) is 1.93. The summed E-state index contributed by atoms with van der Waals surface area (Å²) in [6, 6.07) is -1.10. The van der Waals surface area contributed by atoms with Gasteiger partial charge in [-0.25, -0.2) is 9.59 Å². The summed E-state index contributed by atoms with van der Waals surface area (Å²) in [5, 5.41) is 11.7. The van der Waals surface area contributed by atoms with Crippen molar-refractivity contribution in [3.63, 3.8) is 0 Å². The molecule has 5 heteroatoms. The van der Waals surface area contributed by atoms with Crippen molar-refractivity contribution >= 4 is 12.0 Å². The number of hydrogen-bond acceptors (Lipinski definition) is 2. The number of nitrogens with one attached hydrogen (secondary N) is 1. The molecular formula is C13H24N2O3. The zero-order valence-electron chi connectivity index (χ0n) is 11.5. The quantitative estimate of drug-likeness (QED) is 0.807. The third kappa shape index (κ3) is 3.89. The smallest absolute Gasteiger partial charge is 0.326 e. The Labute approximate surface area is 109 Å². The minimum absolute atomic E-state index is 0.303. The van der Waals surface area contributed by atoms with Gasteiger partial charge in [0.1, 0.15) is 6.04 Å². The van der Waals surface area contributed by atoms with E-state index in [2.05, 4.69) is 12.2 Å². The van der Waals surface area contributed by atoms with Crippen LogP contribution in [-0.2, 0) is 4.79 Å². The molecule has 0 bridgehead atoms. The number of likely N-dealkylation sites (N-methyl/N-ethyl adjacent to an activating group) is 1. The van der Waals surface area contributed by atoms with Crippen molar-refractivity contribution in [2.45, 2.75) is 45.6 Å². The van der Waals surface area contributed by atoms with Gasteiger partial charge in [0.25, 0.3) is 0 Å². The molecule has 5 nitrogen and oxygen atoms in total. The normalized spacial score (nSPS) is 25.3. The van der Waals surface area contributed by atoms with Crippen LogP contribution in [0.2, 0.25) is 0 Å². The first kappa shape index (κ1) is 14.8. The van der Waals surface area contributed by atoms with E-state index in [1.54, 1.807) is 0 Å². The molecule has 0 aromatic heterocycles. The fourth-order valence-corrected chi connectivity index (χ4v) is 2.38. The first-order valence-electron chi connectivity index (χ1n) is 6.67. The molecule has 0 spiro atoms. The van der Waals surface area contributed by atoms with Gasteiger partial charge in [-0.3, -0.25) is 0 Å². The highest BCUT2D eigenvalue weighted by molar-refractivity contribution is 5.82. The van der Waals surface area contributed by atoms with Crippen molar-refractivity contribution in [3.05, 3.63) is 0 Å². The van der Waals surface area contributed by atoms with Crippen molar-refractivity contribution in [2.75, 3.05) is 13.6 Å². The van der Waals surface area contributed by atoms with E-state index in [1.807, 2.05) is 0 Å². The number of amides is 2. The van der Waals surface area contributed by atoms with Crippen LogP contribution in [0.1, 0.15) is 39.5 Å². The van der Waals surface area contributed by atoms with Gasteiger partial charge in [-0.1, -0.05) is 26.2 Å². The van der Waals surface area contributed by atoms with Crippen LogP contribution in [0.3, 0.4) is 0 Å². The highest BCUT2D eigenvalue weighted by atomic mass is 16.4. The number of hydrogen-bond donors (Lipinski definition) is 2. The highest BCUT2D eigenvalue weighted by Crippen LogP contribution is 2.28. The van der Waals surface area contributed by atoms with Crippen LogP contribution in [-0.4, -0.2) is 41.6 Å². The Morgan fingerprint density at radius 2 is 2.00 bits per heavy atom. The average molecular weight is 256 g/mol. The zero-order valence-corrected chi connectivity index (χ0v) is 11.5. The molecule has 0 radical (unpaired) electrons. The Morgan fingerprint density at radius 1 is 1.39 bits per heavy atom. The van der Waals surface area contributed by atoms with Gasteiger partial charge in [0.2, 0.25) is 0 Å². The number of aliphatic carboxylic acids is 1. The zero-order chi connectivity index (χ0) is 13.7. The summed E-state index contributed by atoms with van der Waals surface area (Å²) in [6.45, 7) is 4.38. The van der Waals surface area contributed by atoms with E-state index >= 15 is 0 Å². The topological polar surface area (TPSA) is 69.6 Å². The summed E-state index contributed by atoms with van der Waals surface area (Å²) < 4.78 is 0. The summed E-state index contributed by atoms with van der Waals surface area (Å²) in [5.41, 5.74) is 0. The van der Waals surface area contributed by atoms with Crippen LogP contribution in [0.4, 0.5) is 4.79 Å². The van der Waals surface area contributed by atoms with Crippen LogP contribution in [0.25, 0.3) is 0 Å². The first-order chi connectivity index (χ1) is 8.43. The maximum absolute atomic E-state index is 11.8. The molecule has 2 amide bonds. The second kappa shape index (κ2) is 6.61. The summed E-state index contributed by atoms with van der Waals surface area (Å²) in [7, 11) is 1.51. The van der Waals surface area contributed by atoms with Crippen molar-refractivity contribution < 1.29 is 14.7 Å². The van der Waals surface area contributed by atoms with Crippen LogP contribution in [0.5, 0.6) is 0 Å². The van der Waals surface area contributed by atoms with Gasteiger partial charge >= 0.3 is 12.0 Å². The Kier molecular flexibility index (Phi) is 5.44. The fourth-order valence-electron chi connectivity index (χ4n) is 2.38. The molecule has 0 aromatic carbocycles. The molecular weight excluding hydrogens is 232 g/mol. The molecule has 104 valence electrons. The lowest BCUT2D eigenvalue weighted by Gasteiger charge is -2.30. The van der Waals surface area contributed by atoms with Gasteiger partial charge in [0, 0.05) is 13.6 Å². The van der Waals surface area contributed by atoms with Gasteiger partial charge in [-0.2, -0.15) is 0 Å². The minimum atomic E-state index is -0.987. The summed E-state index contributed by atoms with van der Waals surface area (Å²) in [6.07, 6.45) is 4.88.